The van der Waals surface area contributed by atoms with E-state index in [2.05, 4.69) is 12.1 Å². The van der Waals surface area contributed by atoms with E-state index in [-0.39, 0.29) is 12.5 Å². The number of nitrogens with zero attached hydrogens (tertiary/aromatic N) is 1. The number of benzene rings is 2. The van der Waals surface area contributed by atoms with E-state index >= 15 is 0 Å². The first-order valence-corrected chi connectivity index (χ1v) is 11.8. The van der Waals surface area contributed by atoms with Crippen LogP contribution in [0.25, 0.3) is 6.08 Å². The van der Waals surface area contributed by atoms with E-state index in [4.69, 9.17) is 19.9 Å². The SMILES string of the molecule is CCOc1ccc(CCC2CCN(C(=O)/C=C/c3ccc(OCC(N)=O)c(OC)c3)CC2)cc1. The van der Waals surface area contributed by atoms with E-state index < -0.39 is 5.91 Å². The summed E-state index contributed by atoms with van der Waals surface area (Å²) in [6.07, 6.45) is 7.59. The lowest BCUT2D eigenvalue weighted by molar-refractivity contribution is -0.127. The number of ether oxygens (including phenoxy) is 3. The number of hydrogen-bond acceptors (Lipinski definition) is 5. The lowest BCUT2D eigenvalue weighted by atomic mass is 9.90. The Bertz CT molecular complexity index is 979. The molecule has 2 aromatic carbocycles. The van der Waals surface area contributed by atoms with Crippen molar-refractivity contribution in [1.29, 1.82) is 0 Å². The van der Waals surface area contributed by atoms with Crippen LogP contribution < -0.4 is 19.9 Å². The molecule has 7 heteroatoms. The summed E-state index contributed by atoms with van der Waals surface area (Å²) in [4.78, 5) is 25.5. The third kappa shape index (κ3) is 7.54. The number of carbonyl (C=O) groups is 2. The van der Waals surface area contributed by atoms with Crippen LogP contribution in [0, 0.1) is 5.92 Å². The van der Waals surface area contributed by atoms with Crippen molar-refractivity contribution in [3.05, 3.63) is 59.7 Å². The molecule has 34 heavy (non-hydrogen) atoms. The van der Waals surface area contributed by atoms with Crippen molar-refractivity contribution in [1.82, 2.24) is 4.90 Å². The molecule has 1 aliphatic rings. The molecule has 0 aliphatic carbocycles. The van der Waals surface area contributed by atoms with Gasteiger partial charge >= 0.3 is 0 Å². The monoisotopic (exact) mass is 466 g/mol. The number of aryl methyl sites for hydroxylation is 1. The molecule has 7 nitrogen and oxygen atoms in total. The Labute approximate surface area is 201 Å². The number of rotatable bonds is 11. The minimum atomic E-state index is -0.559. The molecule has 0 aromatic heterocycles. The second-order valence-corrected chi connectivity index (χ2v) is 8.38. The van der Waals surface area contributed by atoms with Crippen LogP contribution in [0.2, 0.25) is 0 Å². The number of likely N-dealkylation sites (tertiary alicyclic amines) is 1. The molecule has 2 N–H and O–H groups in total. The fourth-order valence-electron chi connectivity index (χ4n) is 4.06. The summed E-state index contributed by atoms with van der Waals surface area (Å²) in [5.41, 5.74) is 7.25. The molecule has 1 fully saturated rings. The summed E-state index contributed by atoms with van der Waals surface area (Å²) >= 11 is 0. The summed E-state index contributed by atoms with van der Waals surface area (Å²) in [7, 11) is 1.52. The Morgan fingerprint density at radius 1 is 1.06 bits per heavy atom. The zero-order valence-corrected chi connectivity index (χ0v) is 20.0. The highest BCUT2D eigenvalue weighted by molar-refractivity contribution is 5.92. The van der Waals surface area contributed by atoms with Gasteiger partial charge in [-0.25, -0.2) is 0 Å². The first-order valence-electron chi connectivity index (χ1n) is 11.8. The third-order valence-corrected chi connectivity index (χ3v) is 5.98. The maximum absolute atomic E-state index is 12.7. The normalized spacial score (nSPS) is 14.2. The summed E-state index contributed by atoms with van der Waals surface area (Å²) in [6.45, 7) is 4.00. The molecule has 2 aromatic rings. The van der Waals surface area contributed by atoms with Crippen molar-refractivity contribution in [3.63, 3.8) is 0 Å². The number of hydrogen-bond donors (Lipinski definition) is 1. The zero-order valence-electron chi connectivity index (χ0n) is 20.0. The Morgan fingerprint density at radius 3 is 2.44 bits per heavy atom. The van der Waals surface area contributed by atoms with Gasteiger partial charge in [-0.15, -0.1) is 0 Å². The van der Waals surface area contributed by atoms with E-state index in [0.717, 1.165) is 50.1 Å². The van der Waals surface area contributed by atoms with Gasteiger partial charge in [-0.2, -0.15) is 0 Å². The average Bonchev–Trinajstić information content (AvgIpc) is 2.86. The summed E-state index contributed by atoms with van der Waals surface area (Å²) in [5, 5.41) is 0. The van der Waals surface area contributed by atoms with Gasteiger partial charge in [0.15, 0.2) is 18.1 Å². The van der Waals surface area contributed by atoms with Crippen LogP contribution >= 0.6 is 0 Å². The summed E-state index contributed by atoms with van der Waals surface area (Å²) in [6, 6.07) is 13.6. The fraction of sp³-hybridized carbons (Fsp3) is 0.407. The average molecular weight is 467 g/mol. The van der Waals surface area contributed by atoms with Gasteiger partial charge in [0.05, 0.1) is 13.7 Å². The second kappa shape index (κ2) is 12.7. The standard InChI is InChI=1S/C27H34N2O5/c1-3-33-23-10-6-20(7-11-23)4-5-21-14-16-29(17-15-21)27(31)13-9-22-8-12-24(25(18-22)32-2)34-19-26(28)30/h6-13,18,21H,3-5,14-17,19H2,1-2H3,(H2,28,30)/b13-9+. The van der Waals surface area contributed by atoms with Crippen LogP contribution in [0.4, 0.5) is 0 Å². The van der Waals surface area contributed by atoms with Gasteiger partial charge in [0.2, 0.25) is 5.91 Å². The minimum absolute atomic E-state index is 0.0120. The Morgan fingerprint density at radius 2 is 1.79 bits per heavy atom. The summed E-state index contributed by atoms with van der Waals surface area (Å²) < 4.78 is 16.1. The van der Waals surface area contributed by atoms with Gasteiger partial charge < -0.3 is 24.8 Å². The molecule has 1 saturated heterocycles. The number of methoxy groups -OCH3 is 1. The molecule has 182 valence electrons. The molecule has 1 aliphatic heterocycles. The van der Waals surface area contributed by atoms with E-state index in [1.165, 1.54) is 12.7 Å². The molecule has 1 heterocycles. The van der Waals surface area contributed by atoms with Crippen LogP contribution in [-0.2, 0) is 16.0 Å². The van der Waals surface area contributed by atoms with E-state index in [0.29, 0.717) is 24.0 Å². The lowest BCUT2D eigenvalue weighted by Gasteiger charge is -2.31. The zero-order chi connectivity index (χ0) is 24.3. The molecular weight excluding hydrogens is 432 g/mol. The maximum Gasteiger partial charge on any atom is 0.255 e. The van der Waals surface area contributed by atoms with E-state index in [1.807, 2.05) is 24.0 Å². The number of amides is 2. The second-order valence-electron chi connectivity index (χ2n) is 8.38. The van der Waals surface area contributed by atoms with Gasteiger partial charge in [-0.05, 0) is 80.0 Å². The maximum atomic E-state index is 12.7. The van der Waals surface area contributed by atoms with Crippen molar-refractivity contribution in [2.24, 2.45) is 11.7 Å². The Kier molecular flexibility index (Phi) is 9.38. The predicted molar refractivity (Wildman–Crippen MR) is 132 cm³/mol. The first kappa shape index (κ1) is 25.1. The largest absolute Gasteiger partial charge is 0.494 e. The molecule has 0 unspecified atom stereocenters. The van der Waals surface area contributed by atoms with Crippen LogP contribution in [0.1, 0.15) is 37.3 Å². The van der Waals surface area contributed by atoms with Crippen LogP contribution in [0.3, 0.4) is 0 Å². The Balaban J connectivity index is 1.45. The molecule has 3 rings (SSSR count). The van der Waals surface area contributed by atoms with Crippen LogP contribution in [0.15, 0.2) is 48.5 Å². The number of carbonyl (C=O) groups excluding carboxylic acids is 2. The molecule has 0 atom stereocenters. The highest BCUT2D eigenvalue weighted by Crippen LogP contribution is 2.29. The number of primary amides is 1. The van der Waals surface area contributed by atoms with Crippen molar-refractivity contribution in [2.45, 2.75) is 32.6 Å². The van der Waals surface area contributed by atoms with Crippen molar-refractivity contribution in [3.8, 4) is 17.2 Å². The third-order valence-electron chi connectivity index (χ3n) is 5.98. The van der Waals surface area contributed by atoms with Crippen LogP contribution in [0.5, 0.6) is 17.2 Å². The number of nitrogens with two attached hydrogens (primary N) is 1. The highest BCUT2D eigenvalue weighted by atomic mass is 16.5. The van der Waals surface area contributed by atoms with Gasteiger partial charge in [0, 0.05) is 19.2 Å². The fourth-order valence-corrected chi connectivity index (χ4v) is 4.06. The molecule has 0 spiro atoms. The summed E-state index contributed by atoms with van der Waals surface area (Å²) in [5.74, 6) is 1.91. The quantitative estimate of drug-likeness (QED) is 0.508. The van der Waals surface area contributed by atoms with Gasteiger partial charge in [-0.1, -0.05) is 18.2 Å². The van der Waals surface area contributed by atoms with E-state index in [9.17, 15) is 9.59 Å². The van der Waals surface area contributed by atoms with Gasteiger partial charge in [0.1, 0.15) is 5.75 Å². The van der Waals surface area contributed by atoms with Crippen molar-refractivity contribution < 1.29 is 23.8 Å². The minimum Gasteiger partial charge on any atom is -0.494 e. The van der Waals surface area contributed by atoms with Crippen molar-refractivity contribution >= 4 is 17.9 Å². The smallest absolute Gasteiger partial charge is 0.255 e. The van der Waals surface area contributed by atoms with E-state index in [1.54, 1.807) is 30.4 Å². The van der Waals surface area contributed by atoms with Gasteiger partial charge in [-0.3, -0.25) is 9.59 Å². The molecule has 0 radical (unpaired) electrons. The molecule has 2 amide bonds. The topological polar surface area (TPSA) is 91.1 Å². The highest BCUT2D eigenvalue weighted by Gasteiger charge is 2.21. The van der Waals surface area contributed by atoms with Crippen LogP contribution in [-0.4, -0.2) is 50.1 Å². The molecular formula is C27H34N2O5. The lowest BCUT2D eigenvalue weighted by Crippen LogP contribution is -2.37. The number of piperidine rings is 1. The predicted octanol–water partition coefficient (Wildman–Crippen LogP) is 3.84. The molecule has 0 bridgehead atoms. The Hall–Kier alpha value is -3.48. The molecule has 0 saturated carbocycles. The first-order chi connectivity index (χ1) is 16.5. The van der Waals surface area contributed by atoms with Crippen molar-refractivity contribution in [2.75, 3.05) is 33.4 Å². The van der Waals surface area contributed by atoms with Gasteiger partial charge in [0.25, 0.3) is 5.91 Å².